The molecule has 0 atom stereocenters. The van der Waals surface area contributed by atoms with Crippen LogP contribution in [-0.2, 0) is 5.88 Å². The van der Waals surface area contributed by atoms with Crippen molar-refractivity contribution in [3.05, 3.63) is 28.6 Å². The SMILES string of the molecule is O=Cc1cc2c(CCl)csc2cc1S. The van der Waals surface area contributed by atoms with Gasteiger partial charge < -0.3 is 0 Å². The smallest absolute Gasteiger partial charge is 0.151 e. The van der Waals surface area contributed by atoms with Gasteiger partial charge in [0.2, 0.25) is 0 Å². The van der Waals surface area contributed by atoms with Crippen molar-refractivity contribution in [3.8, 4) is 0 Å². The summed E-state index contributed by atoms with van der Waals surface area (Å²) in [7, 11) is 0. The van der Waals surface area contributed by atoms with Crippen molar-refractivity contribution in [3.63, 3.8) is 0 Å². The summed E-state index contributed by atoms with van der Waals surface area (Å²) < 4.78 is 1.12. The first kappa shape index (κ1) is 10.0. The number of halogens is 1. The molecule has 2 rings (SSSR count). The number of benzene rings is 1. The third kappa shape index (κ3) is 1.56. The summed E-state index contributed by atoms with van der Waals surface area (Å²) in [6.07, 6.45) is 0.817. The van der Waals surface area contributed by atoms with Crippen molar-refractivity contribution in [2.75, 3.05) is 0 Å². The summed E-state index contributed by atoms with van der Waals surface area (Å²) in [5.41, 5.74) is 1.69. The number of hydrogen-bond acceptors (Lipinski definition) is 3. The molecule has 1 heterocycles. The highest BCUT2D eigenvalue weighted by Gasteiger charge is 2.06. The Morgan fingerprint density at radius 3 is 2.93 bits per heavy atom. The molecule has 0 aliphatic carbocycles. The normalized spacial score (nSPS) is 10.7. The molecule has 0 aliphatic rings. The first-order valence-electron chi connectivity index (χ1n) is 4.00. The highest BCUT2D eigenvalue weighted by atomic mass is 35.5. The number of thiol groups is 1. The van der Waals surface area contributed by atoms with Crippen LogP contribution < -0.4 is 0 Å². The molecule has 72 valence electrons. The van der Waals surface area contributed by atoms with Gasteiger partial charge in [-0.1, -0.05) is 0 Å². The van der Waals surface area contributed by atoms with E-state index in [4.69, 9.17) is 11.6 Å². The van der Waals surface area contributed by atoms with Crippen molar-refractivity contribution in [2.45, 2.75) is 10.8 Å². The summed E-state index contributed by atoms with van der Waals surface area (Å²) in [4.78, 5) is 11.4. The highest BCUT2D eigenvalue weighted by molar-refractivity contribution is 7.80. The first-order valence-corrected chi connectivity index (χ1v) is 5.86. The monoisotopic (exact) mass is 242 g/mol. The number of rotatable bonds is 2. The first-order chi connectivity index (χ1) is 6.76. The van der Waals surface area contributed by atoms with Crippen molar-refractivity contribution in [2.24, 2.45) is 0 Å². The minimum absolute atomic E-state index is 0.476. The van der Waals surface area contributed by atoms with E-state index < -0.39 is 0 Å². The Hall–Kier alpha value is -0.510. The molecule has 0 N–H and O–H groups in total. The van der Waals surface area contributed by atoms with Crippen LogP contribution in [0, 0.1) is 0 Å². The van der Waals surface area contributed by atoms with Crippen LogP contribution in [0.5, 0.6) is 0 Å². The van der Waals surface area contributed by atoms with Crippen LogP contribution in [-0.4, -0.2) is 6.29 Å². The van der Waals surface area contributed by atoms with Gasteiger partial charge in [0.15, 0.2) is 6.29 Å². The Bertz CT molecular complexity index is 490. The fourth-order valence-electron chi connectivity index (χ4n) is 1.33. The minimum Gasteiger partial charge on any atom is -0.298 e. The zero-order chi connectivity index (χ0) is 10.1. The van der Waals surface area contributed by atoms with Crippen LogP contribution in [0.4, 0.5) is 0 Å². The fraction of sp³-hybridized carbons (Fsp3) is 0.100. The average molecular weight is 243 g/mol. The van der Waals surface area contributed by atoms with Gasteiger partial charge in [-0.2, -0.15) is 0 Å². The second kappa shape index (κ2) is 3.93. The number of aldehydes is 1. The van der Waals surface area contributed by atoms with E-state index in [9.17, 15) is 4.79 Å². The van der Waals surface area contributed by atoms with Gasteiger partial charge in [-0.15, -0.1) is 35.6 Å². The standard InChI is InChI=1S/C10H7ClOS2/c11-3-7-5-14-10-2-9(13)6(4-12)1-8(7)10/h1-2,4-5,13H,3H2. The van der Waals surface area contributed by atoms with Crippen molar-refractivity contribution >= 4 is 51.9 Å². The molecule has 4 heteroatoms. The van der Waals surface area contributed by atoms with Gasteiger partial charge in [-0.05, 0) is 28.5 Å². The summed E-state index contributed by atoms with van der Waals surface area (Å²) >= 11 is 11.6. The lowest BCUT2D eigenvalue weighted by molar-refractivity contribution is 0.112. The summed E-state index contributed by atoms with van der Waals surface area (Å²) in [5, 5.41) is 3.07. The van der Waals surface area contributed by atoms with Crippen molar-refractivity contribution < 1.29 is 4.79 Å². The minimum atomic E-state index is 0.476. The zero-order valence-corrected chi connectivity index (χ0v) is 9.63. The van der Waals surface area contributed by atoms with E-state index in [-0.39, 0.29) is 0 Å². The maximum absolute atomic E-state index is 10.7. The van der Waals surface area contributed by atoms with Gasteiger partial charge in [0.1, 0.15) is 0 Å². The van der Waals surface area contributed by atoms with E-state index in [1.807, 2.05) is 17.5 Å². The number of carbonyl (C=O) groups is 1. The molecule has 0 fully saturated rings. The lowest BCUT2D eigenvalue weighted by atomic mass is 10.1. The van der Waals surface area contributed by atoms with Gasteiger partial charge in [0.05, 0.1) is 0 Å². The van der Waals surface area contributed by atoms with Gasteiger partial charge in [0.25, 0.3) is 0 Å². The molecule has 0 aliphatic heterocycles. The topological polar surface area (TPSA) is 17.1 Å². The molecule has 1 aromatic heterocycles. The van der Waals surface area contributed by atoms with Crippen LogP contribution in [0.1, 0.15) is 15.9 Å². The second-order valence-electron chi connectivity index (χ2n) is 2.92. The molecule has 0 unspecified atom stereocenters. The predicted molar refractivity (Wildman–Crippen MR) is 64.0 cm³/mol. The lowest BCUT2D eigenvalue weighted by Gasteiger charge is -1.98. The molecule has 14 heavy (non-hydrogen) atoms. The average Bonchev–Trinajstić information content (AvgIpc) is 2.58. The van der Waals surface area contributed by atoms with E-state index >= 15 is 0 Å². The van der Waals surface area contributed by atoms with Gasteiger partial charge in [0, 0.05) is 21.0 Å². The summed E-state index contributed by atoms with van der Waals surface area (Å²) in [6, 6.07) is 3.75. The van der Waals surface area contributed by atoms with Crippen LogP contribution in [0.15, 0.2) is 22.4 Å². The van der Waals surface area contributed by atoms with Crippen LogP contribution in [0.2, 0.25) is 0 Å². The second-order valence-corrected chi connectivity index (χ2v) is 4.58. The van der Waals surface area contributed by atoms with E-state index in [0.29, 0.717) is 11.4 Å². The Morgan fingerprint density at radius 1 is 1.50 bits per heavy atom. The molecule has 2 aromatic rings. The van der Waals surface area contributed by atoms with E-state index in [1.165, 1.54) is 0 Å². The quantitative estimate of drug-likeness (QED) is 0.482. The molecule has 0 amide bonds. The number of alkyl halides is 1. The maximum atomic E-state index is 10.7. The molecule has 0 spiro atoms. The van der Waals surface area contributed by atoms with Crippen molar-refractivity contribution in [1.82, 2.24) is 0 Å². The van der Waals surface area contributed by atoms with E-state index in [2.05, 4.69) is 12.6 Å². The Balaban J connectivity index is 2.76. The van der Waals surface area contributed by atoms with Crippen LogP contribution in [0.25, 0.3) is 10.1 Å². The Kier molecular flexibility index (Phi) is 2.81. The van der Waals surface area contributed by atoms with Gasteiger partial charge >= 0.3 is 0 Å². The van der Waals surface area contributed by atoms with E-state index in [1.54, 1.807) is 11.3 Å². The maximum Gasteiger partial charge on any atom is 0.151 e. The number of thiophene rings is 1. The van der Waals surface area contributed by atoms with Gasteiger partial charge in [-0.3, -0.25) is 4.79 Å². The Morgan fingerprint density at radius 2 is 2.29 bits per heavy atom. The molecule has 1 aromatic carbocycles. The molecule has 0 saturated heterocycles. The number of carbonyl (C=O) groups excluding carboxylic acids is 1. The molecular formula is C10H7ClOS2. The molecular weight excluding hydrogens is 236 g/mol. The number of fused-ring (bicyclic) bond motifs is 1. The summed E-state index contributed by atoms with van der Waals surface area (Å²) in [5.74, 6) is 0.476. The zero-order valence-electron chi connectivity index (χ0n) is 7.16. The number of hydrogen-bond donors (Lipinski definition) is 1. The van der Waals surface area contributed by atoms with Gasteiger partial charge in [-0.25, -0.2) is 0 Å². The lowest BCUT2D eigenvalue weighted by Crippen LogP contribution is -1.83. The Labute approximate surface area is 96.1 Å². The van der Waals surface area contributed by atoms with Crippen molar-refractivity contribution in [1.29, 1.82) is 0 Å². The molecule has 0 radical (unpaired) electrons. The molecule has 0 saturated carbocycles. The largest absolute Gasteiger partial charge is 0.298 e. The third-order valence-corrected chi connectivity index (χ3v) is 3.74. The molecule has 1 nitrogen and oxygen atoms in total. The highest BCUT2D eigenvalue weighted by Crippen LogP contribution is 2.30. The van der Waals surface area contributed by atoms with Crippen LogP contribution in [0.3, 0.4) is 0 Å². The molecule has 0 bridgehead atoms. The third-order valence-electron chi connectivity index (χ3n) is 2.07. The fourth-order valence-corrected chi connectivity index (χ4v) is 2.96. The van der Waals surface area contributed by atoms with Crippen LogP contribution >= 0.6 is 35.6 Å². The predicted octanol–water partition coefficient (Wildman–Crippen LogP) is 3.74. The summed E-state index contributed by atoms with van der Waals surface area (Å²) in [6.45, 7) is 0. The van der Waals surface area contributed by atoms with E-state index in [0.717, 1.165) is 26.8 Å².